The molecule has 3 aromatic rings. The molecule has 0 bridgehead atoms. The largest absolute Gasteiger partial charge is 0.493 e. The quantitative estimate of drug-likeness (QED) is 0.331. The van der Waals surface area contributed by atoms with E-state index in [-0.39, 0.29) is 30.2 Å². The highest BCUT2D eigenvalue weighted by Crippen LogP contribution is 2.34. The molecule has 1 aromatic heterocycles. The lowest BCUT2D eigenvalue weighted by Crippen LogP contribution is -2.47. The van der Waals surface area contributed by atoms with Crippen molar-refractivity contribution in [1.82, 2.24) is 10.2 Å². The molecule has 0 spiro atoms. The van der Waals surface area contributed by atoms with Crippen molar-refractivity contribution in [3.05, 3.63) is 71.7 Å². The molecule has 1 aliphatic carbocycles. The van der Waals surface area contributed by atoms with Gasteiger partial charge in [0.25, 0.3) is 5.91 Å². The lowest BCUT2D eigenvalue weighted by Gasteiger charge is -2.33. The summed E-state index contributed by atoms with van der Waals surface area (Å²) in [5, 5.41) is 3.22. The first-order chi connectivity index (χ1) is 19.5. The number of rotatable bonds is 12. The van der Waals surface area contributed by atoms with Gasteiger partial charge in [-0.2, -0.15) is 0 Å². The normalized spacial score (nSPS) is 14.2. The van der Waals surface area contributed by atoms with E-state index in [4.69, 9.17) is 23.4 Å². The maximum atomic E-state index is 14.0. The van der Waals surface area contributed by atoms with E-state index < -0.39 is 6.04 Å². The predicted octanol–water partition coefficient (Wildman–Crippen LogP) is 5.19. The molecule has 1 saturated carbocycles. The topological polar surface area (TPSA) is 99.5 Å². The van der Waals surface area contributed by atoms with Gasteiger partial charge in [0, 0.05) is 12.6 Å². The number of nitrogens with one attached hydrogen (secondary N) is 1. The van der Waals surface area contributed by atoms with Gasteiger partial charge in [-0.1, -0.05) is 31.4 Å². The van der Waals surface area contributed by atoms with Crippen molar-refractivity contribution in [2.24, 2.45) is 0 Å². The number of ether oxygens (including phenoxy) is 4. The van der Waals surface area contributed by atoms with Crippen molar-refractivity contribution in [3.63, 3.8) is 0 Å². The Hall–Kier alpha value is -4.14. The van der Waals surface area contributed by atoms with E-state index in [0.717, 1.165) is 31.2 Å². The minimum atomic E-state index is -0.931. The number of methoxy groups -OCH3 is 4. The number of furan rings is 1. The van der Waals surface area contributed by atoms with Gasteiger partial charge < -0.3 is 33.6 Å². The summed E-state index contributed by atoms with van der Waals surface area (Å²) in [6, 6.07) is 13.3. The van der Waals surface area contributed by atoms with Gasteiger partial charge >= 0.3 is 0 Å². The van der Waals surface area contributed by atoms with Gasteiger partial charge in [0.15, 0.2) is 28.8 Å². The molecule has 0 unspecified atom stereocenters. The molecule has 1 heterocycles. The Balaban J connectivity index is 1.73. The second-order valence-corrected chi connectivity index (χ2v) is 9.78. The van der Waals surface area contributed by atoms with Crippen molar-refractivity contribution in [2.75, 3.05) is 35.0 Å². The van der Waals surface area contributed by atoms with Crippen LogP contribution in [0, 0.1) is 0 Å². The zero-order chi connectivity index (χ0) is 28.5. The van der Waals surface area contributed by atoms with Crippen LogP contribution in [0.1, 0.15) is 59.8 Å². The Kier molecular flexibility index (Phi) is 9.94. The Bertz CT molecular complexity index is 1270. The standard InChI is InChI=1S/C31H38N2O7/c1-36-24-14-12-21(19-27(24)38-3)16-17-33(31(35)26-11-8-18-40-26)29(30(34)32-23-9-6-5-7-10-23)22-13-15-25(37-2)28(20-22)39-4/h8,11-15,18-20,23,29H,5-7,9-10,16-17H2,1-4H3,(H,32,34)/t29-/m0/s1. The molecule has 40 heavy (non-hydrogen) atoms. The summed E-state index contributed by atoms with van der Waals surface area (Å²) in [5.74, 6) is 1.74. The summed E-state index contributed by atoms with van der Waals surface area (Å²) in [5.41, 5.74) is 1.53. The lowest BCUT2D eigenvalue weighted by atomic mass is 9.94. The highest BCUT2D eigenvalue weighted by molar-refractivity contribution is 5.96. The van der Waals surface area contributed by atoms with Gasteiger partial charge in [0.05, 0.1) is 34.7 Å². The molecule has 0 radical (unpaired) electrons. The van der Waals surface area contributed by atoms with Crippen molar-refractivity contribution in [2.45, 2.75) is 50.6 Å². The highest BCUT2D eigenvalue weighted by atomic mass is 16.5. The summed E-state index contributed by atoms with van der Waals surface area (Å²) in [4.78, 5) is 29.5. The number of amides is 2. The summed E-state index contributed by atoms with van der Waals surface area (Å²) < 4.78 is 27.3. The van der Waals surface area contributed by atoms with E-state index in [2.05, 4.69) is 5.32 Å². The molecule has 2 aromatic carbocycles. The summed E-state index contributed by atoms with van der Waals surface area (Å²) in [7, 11) is 6.26. The number of hydrogen-bond donors (Lipinski definition) is 1. The zero-order valence-corrected chi connectivity index (χ0v) is 23.6. The minimum Gasteiger partial charge on any atom is -0.493 e. The molecule has 1 N–H and O–H groups in total. The van der Waals surface area contributed by atoms with E-state index >= 15 is 0 Å². The third-order valence-corrected chi connectivity index (χ3v) is 7.32. The number of nitrogens with zero attached hydrogens (tertiary/aromatic N) is 1. The first kappa shape index (κ1) is 28.9. The molecule has 9 heteroatoms. The maximum absolute atomic E-state index is 14.0. The molecule has 2 amide bonds. The molecule has 214 valence electrons. The summed E-state index contributed by atoms with van der Waals surface area (Å²) in [6.45, 7) is 0.242. The van der Waals surface area contributed by atoms with Crippen LogP contribution in [0.5, 0.6) is 23.0 Å². The van der Waals surface area contributed by atoms with E-state index in [0.29, 0.717) is 35.0 Å². The van der Waals surface area contributed by atoms with Gasteiger partial charge in [0.2, 0.25) is 5.91 Å². The van der Waals surface area contributed by atoms with Gasteiger partial charge in [0.1, 0.15) is 6.04 Å². The van der Waals surface area contributed by atoms with Crippen LogP contribution >= 0.6 is 0 Å². The van der Waals surface area contributed by atoms with Crippen LogP contribution in [0.15, 0.2) is 59.2 Å². The molecule has 4 rings (SSSR count). The average molecular weight is 551 g/mol. The summed E-state index contributed by atoms with van der Waals surface area (Å²) in [6.07, 6.45) is 7.06. The van der Waals surface area contributed by atoms with E-state index in [1.807, 2.05) is 18.2 Å². The van der Waals surface area contributed by atoms with Gasteiger partial charge in [-0.15, -0.1) is 0 Å². The zero-order valence-electron chi connectivity index (χ0n) is 23.6. The first-order valence-electron chi connectivity index (χ1n) is 13.6. The molecule has 0 saturated heterocycles. The van der Waals surface area contributed by atoms with Crippen LogP contribution in [0.25, 0.3) is 0 Å². The molecule has 9 nitrogen and oxygen atoms in total. The fourth-order valence-corrected chi connectivity index (χ4v) is 5.20. The van der Waals surface area contributed by atoms with E-state index in [9.17, 15) is 9.59 Å². The molecular weight excluding hydrogens is 512 g/mol. The molecule has 1 fully saturated rings. The SMILES string of the molecule is COc1ccc(CCN(C(=O)c2ccco2)[C@H](C(=O)NC2CCCCC2)c2ccc(OC)c(OC)c2)cc1OC. The molecule has 1 atom stereocenters. The first-order valence-corrected chi connectivity index (χ1v) is 13.6. The Labute approximate surface area is 235 Å². The van der Waals surface area contributed by atoms with E-state index in [1.54, 1.807) is 63.7 Å². The fraction of sp³-hybridized carbons (Fsp3) is 0.419. The van der Waals surface area contributed by atoms with E-state index in [1.165, 1.54) is 12.7 Å². The van der Waals surface area contributed by atoms with Crippen LogP contribution in [0.3, 0.4) is 0 Å². The Morgan fingerprint density at radius 3 is 2.15 bits per heavy atom. The highest BCUT2D eigenvalue weighted by Gasteiger charge is 2.35. The van der Waals surface area contributed by atoms with Crippen molar-refractivity contribution >= 4 is 11.8 Å². The third kappa shape index (κ3) is 6.70. The third-order valence-electron chi connectivity index (χ3n) is 7.32. The minimum absolute atomic E-state index is 0.0651. The second-order valence-electron chi connectivity index (χ2n) is 9.78. The lowest BCUT2D eigenvalue weighted by molar-refractivity contribution is -0.126. The van der Waals surface area contributed by atoms with Crippen LogP contribution in [0.4, 0.5) is 0 Å². The number of hydrogen-bond acceptors (Lipinski definition) is 7. The molecular formula is C31H38N2O7. The number of carbonyl (C=O) groups is 2. The number of carbonyl (C=O) groups excluding carboxylic acids is 2. The Morgan fingerprint density at radius 1 is 0.875 bits per heavy atom. The van der Waals surface area contributed by atoms with Crippen molar-refractivity contribution < 1.29 is 33.0 Å². The van der Waals surface area contributed by atoms with Crippen molar-refractivity contribution in [3.8, 4) is 23.0 Å². The predicted molar refractivity (Wildman–Crippen MR) is 150 cm³/mol. The Morgan fingerprint density at radius 2 is 1.52 bits per heavy atom. The monoisotopic (exact) mass is 550 g/mol. The number of benzene rings is 2. The van der Waals surface area contributed by atoms with Crippen LogP contribution in [-0.4, -0.2) is 57.7 Å². The van der Waals surface area contributed by atoms with Crippen LogP contribution in [-0.2, 0) is 11.2 Å². The van der Waals surface area contributed by atoms with Crippen molar-refractivity contribution in [1.29, 1.82) is 0 Å². The molecule has 1 aliphatic rings. The van der Waals surface area contributed by atoms with Gasteiger partial charge in [-0.25, -0.2) is 0 Å². The second kappa shape index (κ2) is 13.8. The van der Waals surface area contributed by atoms with Gasteiger partial charge in [-0.3, -0.25) is 9.59 Å². The van der Waals surface area contributed by atoms with Crippen LogP contribution in [0.2, 0.25) is 0 Å². The maximum Gasteiger partial charge on any atom is 0.290 e. The fourth-order valence-electron chi connectivity index (χ4n) is 5.20. The summed E-state index contributed by atoms with van der Waals surface area (Å²) >= 11 is 0. The smallest absolute Gasteiger partial charge is 0.290 e. The average Bonchev–Trinajstić information content (AvgIpc) is 3.54. The molecule has 0 aliphatic heterocycles. The van der Waals surface area contributed by atoms with Gasteiger partial charge in [-0.05, 0) is 66.8 Å². The van der Waals surface area contributed by atoms with Crippen LogP contribution < -0.4 is 24.3 Å².